The largest absolute Gasteiger partial charge is 0.385 e. The van der Waals surface area contributed by atoms with Crippen molar-refractivity contribution in [3.63, 3.8) is 0 Å². The Morgan fingerprint density at radius 3 is 2.84 bits per heavy atom. The van der Waals surface area contributed by atoms with E-state index in [0.29, 0.717) is 0 Å². The van der Waals surface area contributed by atoms with Crippen molar-refractivity contribution in [1.82, 2.24) is 5.32 Å². The van der Waals surface area contributed by atoms with E-state index in [4.69, 9.17) is 4.74 Å². The molecule has 0 atom stereocenters. The summed E-state index contributed by atoms with van der Waals surface area (Å²) < 4.78 is 6.24. The van der Waals surface area contributed by atoms with Crippen LogP contribution in [0.2, 0.25) is 0 Å². The van der Waals surface area contributed by atoms with Gasteiger partial charge in [-0.15, -0.1) is 0 Å². The van der Waals surface area contributed by atoms with Crippen molar-refractivity contribution in [1.29, 1.82) is 0 Å². The zero-order chi connectivity index (χ0) is 14.1. The maximum Gasteiger partial charge on any atom is 0.0479 e. The molecule has 0 saturated heterocycles. The molecule has 0 aromatic heterocycles. The molecule has 0 spiro atoms. The Bertz CT molecular complexity index is 371. The van der Waals surface area contributed by atoms with Crippen molar-refractivity contribution in [2.24, 2.45) is 0 Å². The summed E-state index contributed by atoms with van der Waals surface area (Å²) in [6.45, 7) is 5.98. The van der Waals surface area contributed by atoms with Crippen LogP contribution in [0.1, 0.15) is 25.3 Å². The van der Waals surface area contributed by atoms with Crippen molar-refractivity contribution < 1.29 is 4.74 Å². The smallest absolute Gasteiger partial charge is 0.0479 e. The summed E-state index contributed by atoms with van der Waals surface area (Å²) in [5, 5.41) is 3.47. The normalized spacial score (nSPS) is 10.7. The van der Waals surface area contributed by atoms with Crippen LogP contribution < -0.4 is 10.2 Å². The lowest BCUT2D eigenvalue weighted by molar-refractivity contribution is 0.196. The van der Waals surface area contributed by atoms with Crippen molar-refractivity contribution >= 4 is 21.6 Å². The molecule has 1 rings (SSSR count). The van der Waals surface area contributed by atoms with Gasteiger partial charge in [0.05, 0.1) is 0 Å². The molecule has 0 amide bonds. The molecule has 1 aromatic rings. The van der Waals surface area contributed by atoms with Crippen LogP contribution in [0.5, 0.6) is 0 Å². The van der Waals surface area contributed by atoms with E-state index in [9.17, 15) is 0 Å². The van der Waals surface area contributed by atoms with Gasteiger partial charge in [-0.1, -0.05) is 28.9 Å². The van der Waals surface area contributed by atoms with Gasteiger partial charge >= 0.3 is 0 Å². The molecule has 0 saturated carbocycles. The van der Waals surface area contributed by atoms with Crippen LogP contribution in [0, 0.1) is 0 Å². The fourth-order valence-corrected chi connectivity index (χ4v) is 2.36. The summed E-state index contributed by atoms with van der Waals surface area (Å²) >= 11 is 3.56. The number of hydrogen-bond donors (Lipinski definition) is 1. The van der Waals surface area contributed by atoms with E-state index in [0.717, 1.165) is 43.6 Å². The highest BCUT2D eigenvalue weighted by Crippen LogP contribution is 2.24. The second-order valence-electron chi connectivity index (χ2n) is 4.72. The number of nitrogens with one attached hydrogen (secondary N) is 1. The number of anilines is 1. The Kier molecular flexibility index (Phi) is 8.10. The van der Waals surface area contributed by atoms with E-state index in [2.05, 4.69) is 58.3 Å². The third-order valence-electron chi connectivity index (χ3n) is 3.04. The number of rotatable bonds is 9. The average molecular weight is 329 g/mol. The highest BCUT2D eigenvalue weighted by atomic mass is 79.9. The maximum atomic E-state index is 5.11. The standard InChI is InChI=1S/C15H25BrN2O/c1-4-8-17-12-13-6-7-14(16)11-15(13)18(2)9-5-10-19-3/h6-7,11,17H,4-5,8-10,12H2,1-3H3. The topological polar surface area (TPSA) is 24.5 Å². The molecule has 1 N–H and O–H groups in total. The number of nitrogens with zero attached hydrogens (tertiary/aromatic N) is 1. The summed E-state index contributed by atoms with van der Waals surface area (Å²) in [5.41, 5.74) is 2.63. The monoisotopic (exact) mass is 328 g/mol. The molecule has 0 radical (unpaired) electrons. The Hall–Kier alpha value is -0.580. The number of ether oxygens (including phenoxy) is 1. The Morgan fingerprint density at radius 1 is 1.37 bits per heavy atom. The molecular formula is C15H25BrN2O. The van der Waals surface area contributed by atoms with Crippen molar-refractivity contribution in [3.8, 4) is 0 Å². The Morgan fingerprint density at radius 2 is 2.16 bits per heavy atom. The lowest BCUT2D eigenvalue weighted by Gasteiger charge is -2.23. The molecule has 0 aliphatic heterocycles. The molecule has 1 aromatic carbocycles. The SMILES string of the molecule is CCCNCc1ccc(Br)cc1N(C)CCCOC. The predicted molar refractivity (Wildman–Crippen MR) is 85.9 cm³/mol. The number of methoxy groups -OCH3 is 1. The van der Waals surface area contributed by atoms with Gasteiger partial charge in [0.1, 0.15) is 0 Å². The molecule has 4 heteroatoms. The molecule has 3 nitrogen and oxygen atoms in total. The predicted octanol–water partition coefficient (Wildman–Crippen LogP) is 3.42. The summed E-state index contributed by atoms with van der Waals surface area (Å²) in [5.74, 6) is 0. The summed E-state index contributed by atoms with van der Waals surface area (Å²) in [4.78, 5) is 2.30. The van der Waals surface area contributed by atoms with Crippen LogP contribution in [-0.4, -0.2) is 33.9 Å². The number of halogens is 1. The molecule has 0 heterocycles. The molecule has 108 valence electrons. The first kappa shape index (κ1) is 16.5. The number of benzene rings is 1. The van der Waals surface area contributed by atoms with E-state index in [1.165, 1.54) is 11.3 Å². The fraction of sp³-hybridized carbons (Fsp3) is 0.600. The lowest BCUT2D eigenvalue weighted by atomic mass is 10.1. The molecular weight excluding hydrogens is 304 g/mol. The van der Waals surface area contributed by atoms with Gasteiger partial charge in [0, 0.05) is 44.0 Å². The second kappa shape index (κ2) is 9.34. The minimum Gasteiger partial charge on any atom is -0.385 e. The Balaban J connectivity index is 2.69. The van der Waals surface area contributed by atoms with Crippen LogP contribution in [0.25, 0.3) is 0 Å². The quantitative estimate of drug-likeness (QED) is 0.703. The molecule has 0 fully saturated rings. The third kappa shape index (κ3) is 5.93. The van der Waals surface area contributed by atoms with E-state index < -0.39 is 0 Å². The first-order valence-corrected chi connectivity index (χ1v) is 7.67. The van der Waals surface area contributed by atoms with E-state index in [1.54, 1.807) is 7.11 Å². The van der Waals surface area contributed by atoms with Crippen LogP contribution in [0.3, 0.4) is 0 Å². The zero-order valence-electron chi connectivity index (χ0n) is 12.2. The zero-order valence-corrected chi connectivity index (χ0v) is 13.8. The van der Waals surface area contributed by atoms with E-state index in [-0.39, 0.29) is 0 Å². The summed E-state index contributed by atoms with van der Waals surface area (Å²) in [6, 6.07) is 6.49. The summed E-state index contributed by atoms with van der Waals surface area (Å²) in [6.07, 6.45) is 2.21. The van der Waals surface area contributed by atoms with Gasteiger partial charge in [-0.3, -0.25) is 0 Å². The molecule has 0 aliphatic carbocycles. The molecule has 0 bridgehead atoms. The van der Waals surface area contributed by atoms with Crippen LogP contribution >= 0.6 is 15.9 Å². The van der Waals surface area contributed by atoms with Gasteiger partial charge in [-0.2, -0.15) is 0 Å². The van der Waals surface area contributed by atoms with Gasteiger partial charge in [-0.05, 0) is 37.1 Å². The fourth-order valence-electron chi connectivity index (χ4n) is 2.01. The third-order valence-corrected chi connectivity index (χ3v) is 3.54. The first-order chi connectivity index (χ1) is 9.19. The molecule has 0 aliphatic rings. The van der Waals surface area contributed by atoms with E-state index in [1.807, 2.05) is 0 Å². The van der Waals surface area contributed by atoms with Gasteiger partial charge in [-0.25, -0.2) is 0 Å². The van der Waals surface area contributed by atoms with Crippen LogP contribution in [0.15, 0.2) is 22.7 Å². The van der Waals surface area contributed by atoms with Gasteiger partial charge in [0.25, 0.3) is 0 Å². The van der Waals surface area contributed by atoms with Crippen LogP contribution in [-0.2, 0) is 11.3 Å². The van der Waals surface area contributed by atoms with Crippen molar-refractivity contribution in [3.05, 3.63) is 28.2 Å². The minimum atomic E-state index is 0.807. The Labute approximate surface area is 125 Å². The average Bonchev–Trinajstić information content (AvgIpc) is 2.40. The maximum absolute atomic E-state index is 5.11. The highest BCUT2D eigenvalue weighted by Gasteiger charge is 2.08. The van der Waals surface area contributed by atoms with Crippen molar-refractivity contribution in [2.75, 3.05) is 38.8 Å². The first-order valence-electron chi connectivity index (χ1n) is 6.88. The lowest BCUT2D eigenvalue weighted by Crippen LogP contribution is -2.23. The molecule has 19 heavy (non-hydrogen) atoms. The van der Waals surface area contributed by atoms with Gasteiger partial charge < -0.3 is 15.0 Å². The van der Waals surface area contributed by atoms with Crippen LogP contribution in [0.4, 0.5) is 5.69 Å². The van der Waals surface area contributed by atoms with E-state index >= 15 is 0 Å². The number of hydrogen-bond acceptors (Lipinski definition) is 3. The molecule has 0 unspecified atom stereocenters. The minimum absolute atomic E-state index is 0.807. The van der Waals surface area contributed by atoms with Crippen molar-refractivity contribution in [2.45, 2.75) is 26.3 Å². The summed E-state index contributed by atoms with van der Waals surface area (Å²) in [7, 11) is 3.89. The van der Waals surface area contributed by atoms with Gasteiger partial charge in [0.2, 0.25) is 0 Å². The second-order valence-corrected chi connectivity index (χ2v) is 5.63. The highest BCUT2D eigenvalue weighted by molar-refractivity contribution is 9.10. The van der Waals surface area contributed by atoms with Gasteiger partial charge in [0.15, 0.2) is 0 Å².